The fraction of sp³-hybridized carbons (Fsp3) is 0.857. The second kappa shape index (κ2) is 8.37. The van der Waals surface area contributed by atoms with Crippen LogP contribution in [0.4, 0.5) is 4.79 Å². The molecule has 1 saturated carbocycles. The highest BCUT2D eigenvalue weighted by molar-refractivity contribution is 5.74. The lowest BCUT2D eigenvalue weighted by molar-refractivity contribution is 0.184. The zero-order chi connectivity index (χ0) is 12.5. The maximum atomic E-state index is 11.9. The monoisotopic (exact) mass is 239 g/mol. The predicted octanol–water partition coefficient (Wildman–Crippen LogP) is 3.21. The van der Waals surface area contributed by atoms with Crippen LogP contribution in [0.2, 0.25) is 0 Å². The molecule has 17 heavy (non-hydrogen) atoms. The van der Waals surface area contributed by atoms with Crippen molar-refractivity contribution in [2.75, 3.05) is 19.6 Å². The third-order valence-electron chi connectivity index (χ3n) is 3.57. The molecule has 99 valence electrons. The summed E-state index contributed by atoms with van der Waals surface area (Å²) in [6, 6.07) is 0.0685. The molecule has 0 spiro atoms. The number of rotatable bonds is 6. The van der Waals surface area contributed by atoms with Gasteiger partial charge in [0.05, 0.1) is 0 Å². The number of hydrogen-bond acceptors (Lipinski definition) is 1. The maximum absolute atomic E-state index is 11.9. The van der Waals surface area contributed by atoms with Crippen molar-refractivity contribution in [2.45, 2.75) is 51.9 Å². The van der Waals surface area contributed by atoms with Crippen LogP contribution in [-0.2, 0) is 0 Å². The molecule has 0 aliphatic heterocycles. The molecule has 0 saturated heterocycles. The van der Waals surface area contributed by atoms with Gasteiger partial charge < -0.3 is 10.2 Å². The molecule has 0 unspecified atom stereocenters. The fourth-order valence-corrected chi connectivity index (χ4v) is 2.44. The predicted molar refractivity (Wildman–Crippen MR) is 71.8 cm³/mol. The third-order valence-corrected chi connectivity index (χ3v) is 3.57. The van der Waals surface area contributed by atoms with Crippen molar-refractivity contribution in [3.8, 4) is 0 Å². The van der Waals surface area contributed by atoms with Crippen LogP contribution < -0.4 is 5.32 Å². The summed E-state index contributed by atoms with van der Waals surface area (Å²) in [6.07, 6.45) is 8.74. The molecule has 3 heteroatoms. The lowest BCUT2D eigenvalue weighted by Gasteiger charge is -2.29. The molecule has 1 rings (SSSR count). The van der Waals surface area contributed by atoms with Gasteiger partial charge in [0.1, 0.15) is 0 Å². The van der Waals surface area contributed by atoms with E-state index in [9.17, 15) is 4.79 Å². The Morgan fingerprint density at radius 2 is 2.06 bits per heavy atom. The fourth-order valence-electron chi connectivity index (χ4n) is 2.44. The zero-order valence-corrected chi connectivity index (χ0v) is 11.2. The van der Waals surface area contributed by atoms with Crippen LogP contribution in [0.1, 0.15) is 51.9 Å². The molecule has 1 aliphatic rings. The van der Waals surface area contributed by atoms with Crippen molar-refractivity contribution in [3.63, 3.8) is 0 Å². The van der Waals surface area contributed by atoms with Crippen LogP contribution in [-0.4, -0.2) is 30.6 Å². The molecule has 0 aromatic rings. The first-order valence-electron chi connectivity index (χ1n) is 7.10. The maximum Gasteiger partial charge on any atom is 0.317 e. The summed E-state index contributed by atoms with van der Waals surface area (Å²) in [5, 5.41) is 2.97. The molecule has 3 nitrogen and oxygen atoms in total. The number of hydrogen-bond donors (Lipinski definition) is 1. The molecule has 0 heterocycles. The van der Waals surface area contributed by atoms with Crippen LogP contribution >= 0.6 is 0 Å². The van der Waals surface area contributed by atoms with Gasteiger partial charge in [0.2, 0.25) is 0 Å². The smallest absolute Gasteiger partial charge is 0.317 e. The molecular weight excluding hydrogens is 212 g/mol. The summed E-state index contributed by atoms with van der Waals surface area (Å²) >= 11 is 0. The second-order valence-electron chi connectivity index (χ2n) is 5.04. The molecule has 1 aliphatic carbocycles. The Hall–Kier alpha value is -0.730. The van der Waals surface area contributed by atoms with E-state index in [4.69, 9.17) is 0 Å². The van der Waals surface area contributed by atoms with E-state index < -0.39 is 0 Å². The Morgan fingerprint density at radius 1 is 1.35 bits per heavy atom. The average molecular weight is 239 g/mol. The molecule has 1 N–H and O–H groups in total. The molecule has 0 bridgehead atoms. The number of carbonyl (C=O) groups excluding carboxylic acids is 1. The first kappa shape index (κ1) is 14.3. The van der Waals surface area contributed by atoms with E-state index in [1.165, 1.54) is 32.1 Å². The van der Waals surface area contributed by atoms with Gasteiger partial charge in [-0.3, -0.25) is 0 Å². The summed E-state index contributed by atoms with van der Waals surface area (Å²) in [6.45, 7) is 8.25. The van der Waals surface area contributed by atoms with Gasteiger partial charge in [-0.1, -0.05) is 32.6 Å². The van der Waals surface area contributed by atoms with Gasteiger partial charge in [0.25, 0.3) is 0 Å². The van der Waals surface area contributed by atoms with Crippen molar-refractivity contribution < 1.29 is 4.79 Å². The van der Waals surface area contributed by atoms with E-state index in [1.807, 2.05) is 4.90 Å². The molecule has 0 atom stereocenters. The van der Waals surface area contributed by atoms with E-state index in [0.717, 1.165) is 25.9 Å². The van der Waals surface area contributed by atoms with Gasteiger partial charge in [0, 0.05) is 19.6 Å². The summed E-state index contributed by atoms with van der Waals surface area (Å²) < 4.78 is 0. The van der Waals surface area contributed by atoms with Crippen LogP contribution in [0.3, 0.4) is 0 Å². The van der Waals surface area contributed by atoms with Gasteiger partial charge in [0.15, 0.2) is 0 Å². The van der Waals surface area contributed by atoms with E-state index in [1.54, 1.807) is 0 Å². The Morgan fingerprint density at radius 3 is 2.65 bits per heavy atom. The molecular formula is C14H27N2O. The van der Waals surface area contributed by atoms with Crippen molar-refractivity contribution in [1.29, 1.82) is 0 Å². The third kappa shape index (κ3) is 5.42. The van der Waals surface area contributed by atoms with E-state index >= 15 is 0 Å². The van der Waals surface area contributed by atoms with Gasteiger partial charge in [-0.25, -0.2) is 4.79 Å². The summed E-state index contributed by atoms with van der Waals surface area (Å²) in [5.74, 6) is 0.697. The number of nitrogens with zero attached hydrogens (tertiary/aromatic N) is 1. The van der Waals surface area contributed by atoms with Crippen LogP contribution in [0.25, 0.3) is 0 Å². The summed E-state index contributed by atoms with van der Waals surface area (Å²) in [5.41, 5.74) is 0. The van der Waals surface area contributed by atoms with Crippen molar-refractivity contribution in [3.05, 3.63) is 6.92 Å². The quantitative estimate of drug-likeness (QED) is 0.709. The van der Waals surface area contributed by atoms with Gasteiger partial charge in [-0.05, 0) is 32.1 Å². The average Bonchev–Trinajstić information content (AvgIpc) is 2.37. The van der Waals surface area contributed by atoms with Crippen molar-refractivity contribution in [1.82, 2.24) is 10.2 Å². The molecule has 0 aromatic heterocycles. The van der Waals surface area contributed by atoms with Crippen molar-refractivity contribution >= 4 is 6.03 Å². The first-order chi connectivity index (χ1) is 8.27. The minimum Gasteiger partial charge on any atom is -0.338 e. The van der Waals surface area contributed by atoms with Gasteiger partial charge in [-0.2, -0.15) is 0 Å². The number of carbonyl (C=O) groups is 1. The summed E-state index contributed by atoms with van der Waals surface area (Å²) in [7, 11) is 0. The zero-order valence-electron chi connectivity index (χ0n) is 11.2. The van der Waals surface area contributed by atoms with Crippen LogP contribution in [0, 0.1) is 12.8 Å². The highest BCUT2D eigenvalue weighted by Gasteiger charge is 2.19. The standard InChI is InChI=1S/C14H27N2O/c1-3-5-11-15-14(17)16(4-2)12-13-9-7-6-8-10-13/h13H,2-12H2,1H3,(H,15,17). The Bertz CT molecular complexity index is 212. The summed E-state index contributed by atoms with van der Waals surface area (Å²) in [4.78, 5) is 13.8. The number of urea groups is 1. The molecule has 1 fully saturated rings. The molecule has 2 amide bonds. The lowest BCUT2D eigenvalue weighted by Crippen LogP contribution is -2.43. The lowest BCUT2D eigenvalue weighted by atomic mass is 9.89. The Balaban J connectivity index is 2.27. The topological polar surface area (TPSA) is 32.3 Å². The number of amides is 2. The van der Waals surface area contributed by atoms with Crippen LogP contribution in [0.5, 0.6) is 0 Å². The normalized spacial score (nSPS) is 16.8. The van der Waals surface area contributed by atoms with Crippen LogP contribution in [0.15, 0.2) is 0 Å². The largest absolute Gasteiger partial charge is 0.338 e. The number of unbranched alkanes of at least 4 members (excludes halogenated alkanes) is 1. The van der Waals surface area contributed by atoms with E-state index in [2.05, 4.69) is 19.2 Å². The first-order valence-corrected chi connectivity index (χ1v) is 7.10. The minimum absolute atomic E-state index is 0.0685. The Kier molecular flexibility index (Phi) is 7.06. The minimum atomic E-state index is 0.0685. The second-order valence-corrected chi connectivity index (χ2v) is 5.04. The highest BCUT2D eigenvalue weighted by atomic mass is 16.2. The van der Waals surface area contributed by atoms with Gasteiger partial charge in [-0.15, -0.1) is 0 Å². The van der Waals surface area contributed by atoms with E-state index in [-0.39, 0.29) is 6.03 Å². The molecule has 0 aromatic carbocycles. The highest BCUT2D eigenvalue weighted by Crippen LogP contribution is 2.24. The number of nitrogens with one attached hydrogen (secondary N) is 1. The van der Waals surface area contributed by atoms with E-state index in [0.29, 0.717) is 12.5 Å². The molecule has 1 radical (unpaired) electrons. The Labute approximate surface area is 106 Å². The van der Waals surface area contributed by atoms with Crippen molar-refractivity contribution in [2.24, 2.45) is 5.92 Å². The van der Waals surface area contributed by atoms with Gasteiger partial charge >= 0.3 is 6.03 Å². The SMILES string of the molecule is [CH2]CN(CC1CCCCC1)C(=O)NCCCC.